The lowest BCUT2D eigenvalue weighted by atomic mass is 9.62. The van der Waals surface area contributed by atoms with Gasteiger partial charge < -0.3 is 4.74 Å². The van der Waals surface area contributed by atoms with Gasteiger partial charge in [-0.25, -0.2) is 0 Å². The molecule has 0 radical (unpaired) electrons. The van der Waals surface area contributed by atoms with Gasteiger partial charge in [0, 0.05) is 13.2 Å². The second kappa shape index (κ2) is 3.27. The van der Waals surface area contributed by atoms with Gasteiger partial charge in [-0.2, -0.15) is 0 Å². The summed E-state index contributed by atoms with van der Waals surface area (Å²) in [6.45, 7) is 9.28. The minimum absolute atomic E-state index is 0.592. The third kappa shape index (κ3) is 1.63. The minimum Gasteiger partial charge on any atom is -0.381 e. The van der Waals surface area contributed by atoms with Crippen molar-refractivity contribution in [3.63, 3.8) is 0 Å². The zero-order chi connectivity index (χ0) is 9.47. The van der Waals surface area contributed by atoms with Crippen LogP contribution in [0.4, 0.5) is 0 Å². The van der Waals surface area contributed by atoms with E-state index in [9.17, 15) is 0 Å². The monoisotopic (exact) mass is 182 g/mol. The average molecular weight is 182 g/mol. The molecule has 0 aromatic heterocycles. The molecule has 1 saturated heterocycles. The Morgan fingerprint density at radius 3 is 2.62 bits per heavy atom. The van der Waals surface area contributed by atoms with Crippen LogP contribution in [0.25, 0.3) is 0 Å². The molecule has 0 amide bonds. The topological polar surface area (TPSA) is 9.23 Å². The second-order valence-corrected chi connectivity index (χ2v) is 5.61. The molecule has 1 heterocycles. The van der Waals surface area contributed by atoms with E-state index < -0.39 is 0 Å². The van der Waals surface area contributed by atoms with Crippen LogP contribution in [-0.2, 0) is 4.74 Å². The molecule has 0 bridgehead atoms. The third-order valence-electron chi connectivity index (χ3n) is 4.54. The summed E-state index contributed by atoms with van der Waals surface area (Å²) in [4.78, 5) is 0. The van der Waals surface area contributed by atoms with Crippen LogP contribution in [-0.4, -0.2) is 13.2 Å². The molecule has 1 nitrogen and oxygen atoms in total. The molecule has 76 valence electrons. The number of ether oxygens (including phenoxy) is 1. The molecule has 0 spiro atoms. The van der Waals surface area contributed by atoms with Gasteiger partial charge in [0.1, 0.15) is 0 Å². The van der Waals surface area contributed by atoms with Gasteiger partial charge >= 0.3 is 0 Å². The van der Waals surface area contributed by atoms with Crippen LogP contribution < -0.4 is 0 Å². The molecule has 1 saturated carbocycles. The van der Waals surface area contributed by atoms with Crippen molar-refractivity contribution in [3.05, 3.63) is 0 Å². The predicted molar refractivity (Wildman–Crippen MR) is 54.6 cm³/mol. The standard InChI is InChI=1S/C12H22O/c1-9(2)12(3)5-4-10-7-13-8-11(10)6-12/h9-11H,4-8H2,1-3H3. The third-order valence-corrected chi connectivity index (χ3v) is 4.54. The number of hydrogen-bond donors (Lipinski definition) is 0. The average Bonchev–Trinajstić information content (AvgIpc) is 2.50. The molecule has 2 fully saturated rings. The highest BCUT2D eigenvalue weighted by atomic mass is 16.5. The lowest BCUT2D eigenvalue weighted by Crippen LogP contribution is -2.34. The van der Waals surface area contributed by atoms with Gasteiger partial charge in [0.05, 0.1) is 0 Å². The molecule has 0 N–H and O–H groups in total. The number of hydrogen-bond acceptors (Lipinski definition) is 1. The van der Waals surface area contributed by atoms with Crippen LogP contribution in [0, 0.1) is 23.2 Å². The van der Waals surface area contributed by atoms with Gasteiger partial charge in [0.2, 0.25) is 0 Å². The normalized spacial score (nSPS) is 45.2. The summed E-state index contributed by atoms with van der Waals surface area (Å²) in [7, 11) is 0. The number of rotatable bonds is 1. The quantitative estimate of drug-likeness (QED) is 0.605. The fourth-order valence-electron chi connectivity index (χ4n) is 2.93. The van der Waals surface area contributed by atoms with E-state index in [0.29, 0.717) is 5.41 Å². The van der Waals surface area contributed by atoms with E-state index in [1.165, 1.54) is 19.3 Å². The van der Waals surface area contributed by atoms with Crippen molar-refractivity contribution in [2.24, 2.45) is 23.2 Å². The van der Waals surface area contributed by atoms with Crippen molar-refractivity contribution in [3.8, 4) is 0 Å². The molecule has 1 aliphatic heterocycles. The van der Waals surface area contributed by atoms with E-state index >= 15 is 0 Å². The van der Waals surface area contributed by atoms with Crippen LogP contribution in [0.15, 0.2) is 0 Å². The first-order chi connectivity index (χ1) is 6.12. The van der Waals surface area contributed by atoms with Crippen molar-refractivity contribution < 1.29 is 4.74 Å². The summed E-state index contributed by atoms with van der Waals surface area (Å²) in [5.74, 6) is 2.60. The van der Waals surface area contributed by atoms with Gasteiger partial charge in [-0.15, -0.1) is 0 Å². The predicted octanol–water partition coefficient (Wildman–Crippen LogP) is 3.10. The maximum absolute atomic E-state index is 5.56. The van der Waals surface area contributed by atoms with Crippen molar-refractivity contribution in [1.82, 2.24) is 0 Å². The first-order valence-electron chi connectivity index (χ1n) is 5.69. The number of fused-ring (bicyclic) bond motifs is 1. The van der Waals surface area contributed by atoms with Crippen molar-refractivity contribution in [2.75, 3.05) is 13.2 Å². The van der Waals surface area contributed by atoms with E-state index in [1.807, 2.05) is 0 Å². The zero-order valence-electron chi connectivity index (χ0n) is 9.18. The second-order valence-electron chi connectivity index (χ2n) is 5.61. The molecular weight excluding hydrogens is 160 g/mol. The fourth-order valence-corrected chi connectivity index (χ4v) is 2.93. The maximum atomic E-state index is 5.56. The summed E-state index contributed by atoms with van der Waals surface area (Å²) >= 11 is 0. The highest BCUT2D eigenvalue weighted by molar-refractivity contribution is 4.91. The smallest absolute Gasteiger partial charge is 0.0498 e. The molecule has 0 aromatic carbocycles. The van der Waals surface area contributed by atoms with Gasteiger partial charge in [0.25, 0.3) is 0 Å². The molecule has 2 rings (SSSR count). The Morgan fingerprint density at radius 2 is 1.92 bits per heavy atom. The zero-order valence-corrected chi connectivity index (χ0v) is 9.18. The van der Waals surface area contributed by atoms with E-state index in [2.05, 4.69) is 20.8 Å². The van der Waals surface area contributed by atoms with Crippen LogP contribution in [0.1, 0.15) is 40.0 Å². The Hall–Kier alpha value is -0.0400. The van der Waals surface area contributed by atoms with Crippen molar-refractivity contribution >= 4 is 0 Å². The highest BCUT2D eigenvalue weighted by Crippen LogP contribution is 2.48. The molecule has 13 heavy (non-hydrogen) atoms. The summed E-state index contributed by atoms with van der Waals surface area (Å²) in [5, 5.41) is 0. The van der Waals surface area contributed by atoms with Gasteiger partial charge in [-0.3, -0.25) is 0 Å². The summed E-state index contributed by atoms with van der Waals surface area (Å²) in [5.41, 5.74) is 0.592. The molecular formula is C12H22O. The van der Waals surface area contributed by atoms with Gasteiger partial charge in [0.15, 0.2) is 0 Å². The molecule has 2 aliphatic rings. The summed E-state index contributed by atoms with van der Waals surface area (Å²) < 4.78 is 5.56. The van der Waals surface area contributed by atoms with Crippen LogP contribution in [0.2, 0.25) is 0 Å². The van der Waals surface area contributed by atoms with E-state index in [-0.39, 0.29) is 0 Å². The SMILES string of the molecule is CC(C)C1(C)CCC2COCC2C1. The van der Waals surface area contributed by atoms with E-state index in [1.54, 1.807) is 0 Å². The maximum Gasteiger partial charge on any atom is 0.0498 e. The van der Waals surface area contributed by atoms with Crippen LogP contribution in [0.5, 0.6) is 0 Å². The molecule has 0 aromatic rings. The summed E-state index contributed by atoms with van der Waals surface area (Å²) in [6, 6.07) is 0. The Bertz CT molecular complexity index is 188. The molecule has 3 atom stereocenters. The van der Waals surface area contributed by atoms with Crippen molar-refractivity contribution in [2.45, 2.75) is 40.0 Å². The lowest BCUT2D eigenvalue weighted by Gasteiger charge is -2.42. The van der Waals surface area contributed by atoms with E-state index in [4.69, 9.17) is 4.74 Å². The van der Waals surface area contributed by atoms with Crippen molar-refractivity contribution in [1.29, 1.82) is 0 Å². The minimum atomic E-state index is 0.592. The first kappa shape index (κ1) is 9.51. The van der Waals surface area contributed by atoms with E-state index in [0.717, 1.165) is 31.0 Å². The van der Waals surface area contributed by atoms with Crippen LogP contribution in [0.3, 0.4) is 0 Å². The lowest BCUT2D eigenvalue weighted by molar-refractivity contribution is 0.0820. The Labute approximate surface area is 81.9 Å². The highest BCUT2D eigenvalue weighted by Gasteiger charge is 2.41. The first-order valence-corrected chi connectivity index (χ1v) is 5.69. The summed E-state index contributed by atoms with van der Waals surface area (Å²) in [6.07, 6.45) is 4.21. The molecule has 3 unspecified atom stereocenters. The van der Waals surface area contributed by atoms with Gasteiger partial charge in [-0.1, -0.05) is 20.8 Å². The largest absolute Gasteiger partial charge is 0.381 e. The fraction of sp³-hybridized carbons (Fsp3) is 1.00. The molecule has 1 aliphatic carbocycles. The Morgan fingerprint density at radius 1 is 1.23 bits per heavy atom. The Balaban J connectivity index is 2.04. The Kier molecular flexibility index (Phi) is 2.39. The van der Waals surface area contributed by atoms with Crippen LogP contribution >= 0.6 is 0 Å². The van der Waals surface area contributed by atoms with Gasteiger partial charge in [-0.05, 0) is 42.4 Å². The molecule has 1 heteroatoms.